The highest BCUT2D eigenvalue weighted by atomic mass is 19.1. The number of rotatable bonds is 2. The SMILES string of the molecule is CC1CCCC(C)C1Nc1cc(F)ccc1F. The molecule has 0 aromatic heterocycles. The van der Waals surface area contributed by atoms with E-state index in [0.717, 1.165) is 18.9 Å². The van der Waals surface area contributed by atoms with Gasteiger partial charge >= 0.3 is 0 Å². The molecule has 94 valence electrons. The van der Waals surface area contributed by atoms with E-state index in [1.54, 1.807) is 0 Å². The van der Waals surface area contributed by atoms with Crippen LogP contribution in [-0.4, -0.2) is 6.04 Å². The van der Waals surface area contributed by atoms with Gasteiger partial charge in [-0.2, -0.15) is 0 Å². The highest BCUT2D eigenvalue weighted by Gasteiger charge is 2.28. The lowest BCUT2D eigenvalue weighted by Crippen LogP contribution is -2.37. The van der Waals surface area contributed by atoms with E-state index in [-0.39, 0.29) is 17.5 Å². The Balaban J connectivity index is 2.16. The molecule has 2 rings (SSSR count). The lowest BCUT2D eigenvalue weighted by Gasteiger charge is -2.36. The molecule has 1 aliphatic rings. The molecule has 0 amide bonds. The highest BCUT2D eigenvalue weighted by molar-refractivity contribution is 5.46. The summed E-state index contributed by atoms with van der Waals surface area (Å²) in [6.45, 7) is 4.34. The third-order valence-electron chi connectivity index (χ3n) is 3.80. The minimum absolute atomic E-state index is 0.236. The van der Waals surface area contributed by atoms with E-state index < -0.39 is 5.82 Å². The zero-order valence-electron chi connectivity index (χ0n) is 10.3. The van der Waals surface area contributed by atoms with Gasteiger partial charge in [-0.05, 0) is 42.9 Å². The third kappa shape index (κ3) is 2.76. The molecule has 0 heterocycles. The summed E-state index contributed by atoms with van der Waals surface area (Å²) in [6, 6.07) is 3.80. The Hall–Kier alpha value is -1.12. The van der Waals surface area contributed by atoms with Crippen LogP contribution in [0.1, 0.15) is 33.1 Å². The molecular weight excluding hydrogens is 220 g/mol. The zero-order chi connectivity index (χ0) is 12.4. The second-order valence-electron chi connectivity index (χ2n) is 5.18. The molecule has 1 aromatic carbocycles. The molecule has 2 atom stereocenters. The van der Waals surface area contributed by atoms with E-state index in [0.29, 0.717) is 11.8 Å². The highest BCUT2D eigenvalue weighted by Crippen LogP contribution is 2.32. The van der Waals surface area contributed by atoms with Crippen LogP contribution in [0.3, 0.4) is 0 Å². The maximum Gasteiger partial charge on any atom is 0.146 e. The van der Waals surface area contributed by atoms with E-state index in [9.17, 15) is 8.78 Å². The van der Waals surface area contributed by atoms with Crippen molar-refractivity contribution < 1.29 is 8.78 Å². The second-order valence-corrected chi connectivity index (χ2v) is 5.18. The van der Waals surface area contributed by atoms with Crippen molar-refractivity contribution in [3.8, 4) is 0 Å². The maximum atomic E-state index is 13.5. The molecule has 1 saturated carbocycles. The number of nitrogens with one attached hydrogen (secondary N) is 1. The predicted molar refractivity (Wildman–Crippen MR) is 65.9 cm³/mol. The first-order chi connectivity index (χ1) is 8.08. The smallest absolute Gasteiger partial charge is 0.146 e. The Kier molecular flexibility index (Phi) is 3.65. The standard InChI is InChI=1S/C14H19F2N/c1-9-4-3-5-10(2)14(9)17-13-8-11(15)6-7-12(13)16/h6-10,14,17H,3-5H2,1-2H3. The van der Waals surface area contributed by atoms with Crippen LogP contribution in [0, 0.1) is 23.5 Å². The summed E-state index contributed by atoms with van der Waals surface area (Å²) in [6.07, 6.45) is 3.53. The molecule has 1 N–H and O–H groups in total. The molecule has 3 heteroatoms. The molecule has 0 aliphatic heterocycles. The van der Waals surface area contributed by atoms with Gasteiger partial charge in [-0.15, -0.1) is 0 Å². The maximum absolute atomic E-state index is 13.5. The fourth-order valence-electron chi connectivity index (χ4n) is 2.75. The number of halogens is 2. The van der Waals surface area contributed by atoms with Crippen LogP contribution in [0.15, 0.2) is 18.2 Å². The molecule has 1 fully saturated rings. The lowest BCUT2D eigenvalue weighted by molar-refractivity contribution is 0.267. The first kappa shape index (κ1) is 12.3. The molecule has 1 aromatic rings. The van der Waals surface area contributed by atoms with E-state index in [2.05, 4.69) is 19.2 Å². The van der Waals surface area contributed by atoms with Gasteiger partial charge in [-0.3, -0.25) is 0 Å². The van der Waals surface area contributed by atoms with Crippen LogP contribution in [0.25, 0.3) is 0 Å². The molecule has 0 radical (unpaired) electrons. The Morgan fingerprint density at radius 2 is 1.76 bits per heavy atom. The van der Waals surface area contributed by atoms with Crippen LogP contribution in [0.4, 0.5) is 14.5 Å². The summed E-state index contributed by atoms with van der Waals surface area (Å²) < 4.78 is 26.6. The number of hydrogen-bond acceptors (Lipinski definition) is 1. The summed E-state index contributed by atoms with van der Waals surface area (Å²) >= 11 is 0. The quantitative estimate of drug-likeness (QED) is 0.815. The fraction of sp³-hybridized carbons (Fsp3) is 0.571. The van der Waals surface area contributed by atoms with Crippen LogP contribution in [0.2, 0.25) is 0 Å². The molecule has 1 aliphatic carbocycles. The Labute approximate surface area is 101 Å². The third-order valence-corrected chi connectivity index (χ3v) is 3.80. The van der Waals surface area contributed by atoms with Crippen molar-refractivity contribution in [2.75, 3.05) is 5.32 Å². The fourth-order valence-corrected chi connectivity index (χ4v) is 2.75. The summed E-state index contributed by atoms with van der Waals surface area (Å²) in [4.78, 5) is 0. The Morgan fingerprint density at radius 3 is 2.41 bits per heavy atom. The van der Waals surface area contributed by atoms with Crippen molar-refractivity contribution in [2.45, 2.75) is 39.2 Å². The van der Waals surface area contributed by atoms with Gasteiger partial charge in [0.05, 0.1) is 5.69 Å². The Morgan fingerprint density at radius 1 is 1.12 bits per heavy atom. The second kappa shape index (κ2) is 5.03. The van der Waals surface area contributed by atoms with Gasteiger partial charge in [-0.25, -0.2) is 8.78 Å². The first-order valence-electron chi connectivity index (χ1n) is 6.29. The minimum atomic E-state index is -0.398. The average Bonchev–Trinajstić information content (AvgIpc) is 2.28. The molecular formula is C14H19F2N. The van der Waals surface area contributed by atoms with Crippen molar-refractivity contribution in [1.29, 1.82) is 0 Å². The van der Waals surface area contributed by atoms with Crippen molar-refractivity contribution >= 4 is 5.69 Å². The van der Waals surface area contributed by atoms with Crippen molar-refractivity contribution in [3.05, 3.63) is 29.8 Å². The van der Waals surface area contributed by atoms with Gasteiger partial charge in [0, 0.05) is 6.04 Å². The minimum Gasteiger partial charge on any atom is -0.379 e. The summed E-state index contributed by atoms with van der Waals surface area (Å²) in [5.74, 6) is 0.226. The summed E-state index contributed by atoms with van der Waals surface area (Å²) in [5.41, 5.74) is 0.288. The van der Waals surface area contributed by atoms with Crippen LogP contribution < -0.4 is 5.32 Å². The molecule has 17 heavy (non-hydrogen) atoms. The lowest BCUT2D eigenvalue weighted by atomic mass is 9.78. The molecule has 0 saturated heterocycles. The first-order valence-corrected chi connectivity index (χ1v) is 6.29. The number of hydrogen-bond donors (Lipinski definition) is 1. The summed E-state index contributed by atoms with van der Waals surface area (Å²) in [5, 5.41) is 3.17. The van der Waals surface area contributed by atoms with Gasteiger partial charge < -0.3 is 5.32 Å². The van der Waals surface area contributed by atoms with Crippen molar-refractivity contribution in [2.24, 2.45) is 11.8 Å². The van der Waals surface area contributed by atoms with Crippen molar-refractivity contribution in [1.82, 2.24) is 0 Å². The normalized spacial score (nSPS) is 29.1. The van der Waals surface area contributed by atoms with Gasteiger partial charge in [-0.1, -0.05) is 20.3 Å². The zero-order valence-corrected chi connectivity index (χ0v) is 10.3. The van der Waals surface area contributed by atoms with E-state index in [1.807, 2.05) is 0 Å². The van der Waals surface area contributed by atoms with Gasteiger partial charge in [0.25, 0.3) is 0 Å². The number of benzene rings is 1. The Bertz CT molecular complexity index is 382. The number of anilines is 1. The topological polar surface area (TPSA) is 12.0 Å². The average molecular weight is 239 g/mol. The van der Waals surface area contributed by atoms with Crippen LogP contribution in [-0.2, 0) is 0 Å². The van der Waals surface area contributed by atoms with Gasteiger partial charge in [0.15, 0.2) is 0 Å². The predicted octanol–water partition coefficient (Wildman–Crippen LogP) is 4.20. The van der Waals surface area contributed by atoms with Crippen LogP contribution in [0.5, 0.6) is 0 Å². The molecule has 1 nitrogen and oxygen atoms in total. The monoisotopic (exact) mass is 239 g/mol. The van der Waals surface area contributed by atoms with E-state index >= 15 is 0 Å². The summed E-state index contributed by atoms with van der Waals surface area (Å²) in [7, 11) is 0. The van der Waals surface area contributed by atoms with Crippen LogP contribution >= 0.6 is 0 Å². The van der Waals surface area contributed by atoms with Gasteiger partial charge in [0.1, 0.15) is 11.6 Å². The van der Waals surface area contributed by atoms with E-state index in [1.165, 1.54) is 18.6 Å². The molecule has 0 spiro atoms. The molecule has 2 unspecified atom stereocenters. The largest absolute Gasteiger partial charge is 0.379 e. The molecule has 0 bridgehead atoms. The van der Waals surface area contributed by atoms with Crippen molar-refractivity contribution in [3.63, 3.8) is 0 Å². The van der Waals surface area contributed by atoms with E-state index in [4.69, 9.17) is 0 Å². The van der Waals surface area contributed by atoms with Gasteiger partial charge in [0.2, 0.25) is 0 Å².